The molecule has 0 fully saturated rings. The third kappa shape index (κ3) is 4.86. The summed E-state index contributed by atoms with van der Waals surface area (Å²) in [6, 6.07) is 5.10. The maximum absolute atomic E-state index is 13.6. The molecule has 1 heterocycles. The molecule has 1 amide bonds. The van der Waals surface area contributed by atoms with Gasteiger partial charge in [-0.25, -0.2) is 9.18 Å². The number of rotatable bonds is 8. The number of methoxy groups -OCH3 is 1. The van der Waals surface area contributed by atoms with Gasteiger partial charge in [-0.3, -0.25) is 9.59 Å². The van der Waals surface area contributed by atoms with Gasteiger partial charge in [-0.05, 0) is 51.0 Å². The third-order valence-corrected chi connectivity index (χ3v) is 5.60. The first kappa shape index (κ1) is 24.3. The lowest BCUT2D eigenvalue weighted by Gasteiger charge is -2.30. The maximum atomic E-state index is 13.6. The van der Waals surface area contributed by atoms with Crippen molar-refractivity contribution in [3.05, 3.63) is 58.2 Å². The molecule has 0 N–H and O–H groups in total. The van der Waals surface area contributed by atoms with Crippen LogP contribution in [0.25, 0.3) is 0 Å². The van der Waals surface area contributed by atoms with Crippen molar-refractivity contribution >= 4 is 17.7 Å². The summed E-state index contributed by atoms with van der Waals surface area (Å²) in [5, 5.41) is 0. The molecule has 0 unspecified atom stereocenters. The van der Waals surface area contributed by atoms with E-state index in [2.05, 4.69) is 0 Å². The molecule has 0 radical (unpaired) electrons. The van der Waals surface area contributed by atoms with Gasteiger partial charge in [-0.1, -0.05) is 26.0 Å². The van der Waals surface area contributed by atoms with Gasteiger partial charge in [0.05, 0.1) is 13.2 Å². The number of esters is 1. The van der Waals surface area contributed by atoms with Gasteiger partial charge >= 0.3 is 5.97 Å². The van der Waals surface area contributed by atoms with Gasteiger partial charge in [0.1, 0.15) is 11.5 Å². The third-order valence-electron chi connectivity index (χ3n) is 5.60. The van der Waals surface area contributed by atoms with Crippen LogP contribution in [-0.4, -0.2) is 40.3 Å². The highest BCUT2D eigenvalue weighted by molar-refractivity contribution is 6.06. The molecule has 0 saturated heterocycles. The van der Waals surface area contributed by atoms with Crippen molar-refractivity contribution in [3.63, 3.8) is 0 Å². The Kier molecular flexibility index (Phi) is 7.76. The SMILES string of the molecule is CCn1c(C)c(C(=O)[C@H](C)N(Cc2ccc(F)cc2)C(=O)C(C)C)c(C)c1C(=O)OC. The molecule has 1 atom stereocenters. The van der Waals surface area contributed by atoms with E-state index in [9.17, 15) is 18.8 Å². The molecular weight excluding hydrogens is 399 g/mol. The lowest BCUT2D eigenvalue weighted by molar-refractivity contribution is -0.136. The van der Waals surface area contributed by atoms with E-state index in [1.807, 2.05) is 6.92 Å². The van der Waals surface area contributed by atoms with Gasteiger partial charge in [-0.2, -0.15) is 0 Å². The number of carbonyl (C=O) groups is 3. The fourth-order valence-electron chi connectivity index (χ4n) is 3.89. The van der Waals surface area contributed by atoms with Crippen LogP contribution in [0.5, 0.6) is 0 Å². The molecule has 1 aromatic heterocycles. The lowest BCUT2D eigenvalue weighted by Crippen LogP contribution is -2.45. The molecule has 2 aromatic rings. The molecular formula is C24H31FN2O4. The molecule has 1 aromatic carbocycles. The Hall–Kier alpha value is -2.96. The monoisotopic (exact) mass is 430 g/mol. The minimum absolute atomic E-state index is 0.177. The summed E-state index contributed by atoms with van der Waals surface area (Å²) >= 11 is 0. The standard InChI is InChI=1S/C24H31FN2O4/c1-8-26-16(5)20(15(4)21(26)24(30)31-7)22(28)17(6)27(23(29)14(2)3)13-18-9-11-19(25)12-10-18/h9-12,14,17H,8,13H2,1-7H3/t17-/m0/s1. The average molecular weight is 431 g/mol. The predicted molar refractivity (Wildman–Crippen MR) is 117 cm³/mol. The van der Waals surface area contributed by atoms with Crippen LogP contribution in [0.1, 0.15) is 65.4 Å². The van der Waals surface area contributed by atoms with Crippen LogP contribution in [0.15, 0.2) is 24.3 Å². The minimum Gasteiger partial charge on any atom is -0.464 e. The van der Waals surface area contributed by atoms with Crippen LogP contribution in [0.3, 0.4) is 0 Å². The highest BCUT2D eigenvalue weighted by Gasteiger charge is 2.33. The lowest BCUT2D eigenvalue weighted by atomic mass is 9.98. The number of aromatic nitrogens is 1. The number of ether oxygens (including phenoxy) is 1. The molecule has 0 aliphatic heterocycles. The van der Waals surface area contributed by atoms with Gasteiger partial charge in [0.25, 0.3) is 0 Å². The molecule has 0 aliphatic carbocycles. The van der Waals surface area contributed by atoms with Crippen molar-refractivity contribution in [2.45, 2.75) is 60.7 Å². The fourth-order valence-corrected chi connectivity index (χ4v) is 3.89. The second-order valence-corrected chi connectivity index (χ2v) is 7.96. The molecule has 168 valence electrons. The largest absolute Gasteiger partial charge is 0.464 e. The van der Waals surface area contributed by atoms with E-state index >= 15 is 0 Å². The summed E-state index contributed by atoms with van der Waals surface area (Å²) in [4.78, 5) is 40.4. The molecule has 7 heteroatoms. The van der Waals surface area contributed by atoms with E-state index in [-0.39, 0.29) is 30.0 Å². The topological polar surface area (TPSA) is 68.6 Å². The summed E-state index contributed by atoms with van der Waals surface area (Å²) in [6.45, 7) is 11.3. The molecule has 6 nitrogen and oxygen atoms in total. The second-order valence-electron chi connectivity index (χ2n) is 7.96. The number of benzene rings is 1. The number of nitrogens with zero attached hydrogens (tertiary/aromatic N) is 2. The highest BCUT2D eigenvalue weighted by atomic mass is 19.1. The van der Waals surface area contributed by atoms with Crippen molar-refractivity contribution in [2.75, 3.05) is 7.11 Å². The van der Waals surface area contributed by atoms with Crippen LogP contribution in [0, 0.1) is 25.6 Å². The Morgan fingerprint density at radius 1 is 1.10 bits per heavy atom. The van der Waals surface area contributed by atoms with Gasteiger partial charge in [0, 0.05) is 30.3 Å². The van der Waals surface area contributed by atoms with E-state index < -0.39 is 12.0 Å². The smallest absolute Gasteiger partial charge is 0.354 e. The first-order chi connectivity index (χ1) is 14.5. The highest BCUT2D eigenvalue weighted by Crippen LogP contribution is 2.26. The number of carbonyl (C=O) groups excluding carboxylic acids is 3. The van der Waals surface area contributed by atoms with Gasteiger partial charge < -0.3 is 14.2 Å². The number of Topliss-reactive ketones (excluding diaryl/α,β-unsaturated/α-hetero) is 1. The summed E-state index contributed by atoms with van der Waals surface area (Å²) in [6.07, 6.45) is 0. The van der Waals surface area contributed by atoms with Crippen LogP contribution < -0.4 is 0 Å². The van der Waals surface area contributed by atoms with E-state index in [1.165, 1.54) is 24.1 Å². The van der Waals surface area contributed by atoms with Crippen LogP contribution >= 0.6 is 0 Å². The van der Waals surface area contributed by atoms with Crippen molar-refractivity contribution in [2.24, 2.45) is 5.92 Å². The molecule has 0 bridgehead atoms. The van der Waals surface area contributed by atoms with E-state index in [4.69, 9.17) is 4.74 Å². The molecule has 0 spiro atoms. The van der Waals surface area contributed by atoms with Crippen molar-refractivity contribution in [1.29, 1.82) is 0 Å². The first-order valence-electron chi connectivity index (χ1n) is 10.4. The molecule has 0 saturated carbocycles. The number of hydrogen-bond acceptors (Lipinski definition) is 4. The van der Waals surface area contributed by atoms with Crippen molar-refractivity contribution < 1.29 is 23.5 Å². The van der Waals surface area contributed by atoms with Crippen LogP contribution in [-0.2, 0) is 22.6 Å². The Balaban J connectivity index is 2.49. The van der Waals surface area contributed by atoms with Gasteiger partial charge in [0.15, 0.2) is 5.78 Å². The van der Waals surface area contributed by atoms with E-state index in [0.717, 1.165) is 5.56 Å². The quantitative estimate of drug-likeness (QED) is 0.462. The molecule has 2 rings (SSSR count). The van der Waals surface area contributed by atoms with Gasteiger partial charge in [0.2, 0.25) is 5.91 Å². The molecule has 31 heavy (non-hydrogen) atoms. The fraction of sp³-hybridized carbons (Fsp3) is 0.458. The maximum Gasteiger partial charge on any atom is 0.354 e. The first-order valence-corrected chi connectivity index (χ1v) is 10.4. The Morgan fingerprint density at radius 2 is 1.68 bits per heavy atom. The Bertz CT molecular complexity index is 976. The van der Waals surface area contributed by atoms with Crippen LogP contribution in [0.2, 0.25) is 0 Å². The summed E-state index contributed by atoms with van der Waals surface area (Å²) in [5.74, 6) is -1.61. The van der Waals surface area contributed by atoms with Gasteiger partial charge in [-0.15, -0.1) is 0 Å². The van der Waals surface area contributed by atoms with Crippen molar-refractivity contribution in [1.82, 2.24) is 9.47 Å². The van der Waals surface area contributed by atoms with Crippen LogP contribution in [0.4, 0.5) is 4.39 Å². The van der Waals surface area contributed by atoms with E-state index in [0.29, 0.717) is 29.1 Å². The number of amides is 1. The predicted octanol–water partition coefficient (Wildman–Crippen LogP) is 4.31. The Morgan fingerprint density at radius 3 is 2.16 bits per heavy atom. The zero-order valence-electron chi connectivity index (χ0n) is 19.3. The number of halogens is 1. The summed E-state index contributed by atoms with van der Waals surface area (Å²) in [5.41, 5.74) is 2.70. The summed E-state index contributed by atoms with van der Waals surface area (Å²) < 4.78 is 20.0. The number of ketones is 1. The van der Waals surface area contributed by atoms with Crippen molar-refractivity contribution in [3.8, 4) is 0 Å². The zero-order chi connectivity index (χ0) is 23.5. The minimum atomic E-state index is -0.768. The zero-order valence-corrected chi connectivity index (χ0v) is 19.3. The average Bonchev–Trinajstić information content (AvgIpc) is 3.00. The number of hydrogen-bond donors (Lipinski definition) is 0. The molecule has 0 aliphatic rings. The summed E-state index contributed by atoms with van der Waals surface area (Å²) in [7, 11) is 1.31. The normalized spacial score (nSPS) is 12.0. The van der Waals surface area contributed by atoms with E-state index in [1.54, 1.807) is 51.3 Å². The Labute approximate surface area is 183 Å². The second kappa shape index (κ2) is 9.90.